The second-order valence-corrected chi connectivity index (χ2v) is 8.07. The van der Waals surface area contributed by atoms with Crippen molar-refractivity contribution in [2.24, 2.45) is 0 Å². The predicted octanol–water partition coefficient (Wildman–Crippen LogP) is 1.92. The second kappa shape index (κ2) is 9.52. The zero-order valence-electron chi connectivity index (χ0n) is 15.9. The number of amides is 1. The van der Waals surface area contributed by atoms with Crippen LogP contribution in [-0.2, 0) is 27.9 Å². The summed E-state index contributed by atoms with van der Waals surface area (Å²) in [6.07, 6.45) is 0.982. The van der Waals surface area contributed by atoms with Crippen molar-refractivity contribution in [1.29, 1.82) is 0 Å². The molecule has 0 saturated carbocycles. The van der Waals surface area contributed by atoms with E-state index in [4.69, 9.17) is 9.47 Å². The Hall–Kier alpha value is -2.65. The van der Waals surface area contributed by atoms with Crippen LogP contribution in [0, 0.1) is 5.82 Å². The standard InChI is InChI=1S/C19H23FN2O5S/c1-26-17-9-8-14(10-18(17)27-2)11-21-19(23)13-22(28(3,24)25)12-15-6-4-5-7-16(15)20/h4-10H,11-13H2,1-3H3,(H,21,23). The highest BCUT2D eigenvalue weighted by Crippen LogP contribution is 2.27. The van der Waals surface area contributed by atoms with E-state index in [1.807, 2.05) is 0 Å². The third-order valence-electron chi connectivity index (χ3n) is 4.03. The zero-order valence-corrected chi connectivity index (χ0v) is 16.8. The van der Waals surface area contributed by atoms with E-state index in [2.05, 4.69) is 5.32 Å². The van der Waals surface area contributed by atoms with Gasteiger partial charge in [0.25, 0.3) is 0 Å². The molecular weight excluding hydrogens is 387 g/mol. The maximum Gasteiger partial charge on any atom is 0.235 e. The molecule has 1 amide bonds. The van der Waals surface area contributed by atoms with Crippen LogP contribution in [-0.4, -0.2) is 45.7 Å². The maximum atomic E-state index is 13.8. The highest BCUT2D eigenvalue weighted by Gasteiger charge is 2.21. The molecule has 0 saturated heterocycles. The molecule has 28 heavy (non-hydrogen) atoms. The highest BCUT2D eigenvalue weighted by atomic mass is 32.2. The van der Waals surface area contributed by atoms with Gasteiger partial charge in [-0.25, -0.2) is 12.8 Å². The van der Waals surface area contributed by atoms with Gasteiger partial charge in [0, 0.05) is 18.7 Å². The van der Waals surface area contributed by atoms with Crippen molar-refractivity contribution in [3.8, 4) is 11.5 Å². The SMILES string of the molecule is COc1ccc(CNC(=O)CN(Cc2ccccc2F)S(C)(=O)=O)cc1OC. The van der Waals surface area contributed by atoms with E-state index in [-0.39, 0.29) is 18.7 Å². The lowest BCUT2D eigenvalue weighted by atomic mass is 10.2. The van der Waals surface area contributed by atoms with E-state index < -0.39 is 28.3 Å². The van der Waals surface area contributed by atoms with Gasteiger partial charge in [0.2, 0.25) is 15.9 Å². The summed E-state index contributed by atoms with van der Waals surface area (Å²) < 4.78 is 49.1. The lowest BCUT2D eigenvalue weighted by molar-refractivity contribution is -0.121. The Labute approximate surface area is 164 Å². The predicted molar refractivity (Wildman–Crippen MR) is 103 cm³/mol. The van der Waals surface area contributed by atoms with Gasteiger partial charge in [-0.15, -0.1) is 0 Å². The Balaban J connectivity index is 2.03. The number of hydrogen-bond donors (Lipinski definition) is 1. The molecule has 0 aromatic heterocycles. The maximum absolute atomic E-state index is 13.8. The van der Waals surface area contributed by atoms with Crippen LogP contribution < -0.4 is 14.8 Å². The second-order valence-electron chi connectivity index (χ2n) is 6.09. The van der Waals surface area contributed by atoms with Gasteiger partial charge in [0.05, 0.1) is 27.0 Å². The van der Waals surface area contributed by atoms with E-state index in [0.717, 1.165) is 16.1 Å². The number of rotatable bonds is 9. The summed E-state index contributed by atoms with van der Waals surface area (Å²) in [5, 5.41) is 2.66. The monoisotopic (exact) mass is 410 g/mol. The average Bonchev–Trinajstić information content (AvgIpc) is 2.66. The van der Waals surface area contributed by atoms with Crippen LogP contribution in [0.25, 0.3) is 0 Å². The smallest absolute Gasteiger partial charge is 0.235 e. The molecule has 1 N–H and O–H groups in total. The minimum absolute atomic E-state index is 0.177. The molecule has 0 aliphatic heterocycles. The molecule has 0 atom stereocenters. The summed E-state index contributed by atoms with van der Waals surface area (Å²) in [6.45, 7) is -0.466. The molecule has 7 nitrogen and oxygen atoms in total. The minimum atomic E-state index is -3.71. The van der Waals surface area contributed by atoms with Gasteiger partial charge in [0.15, 0.2) is 11.5 Å². The summed E-state index contributed by atoms with van der Waals surface area (Å²) >= 11 is 0. The van der Waals surface area contributed by atoms with Gasteiger partial charge in [-0.2, -0.15) is 4.31 Å². The first-order chi connectivity index (χ1) is 13.2. The molecule has 9 heteroatoms. The number of ether oxygens (including phenoxy) is 2. The number of methoxy groups -OCH3 is 2. The number of hydrogen-bond acceptors (Lipinski definition) is 5. The third kappa shape index (κ3) is 5.93. The number of carbonyl (C=O) groups is 1. The molecule has 0 radical (unpaired) electrons. The molecule has 152 valence electrons. The van der Waals surface area contributed by atoms with Crippen LogP contribution in [0.5, 0.6) is 11.5 Å². The van der Waals surface area contributed by atoms with Crippen molar-refractivity contribution in [3.63, 3.8) is 0 Å². The van der Waals surface area contributed by atoms with E-state index in [0.29, 0.717) is 11.5 Å². The van der Waals surface area contributed by atoms with Gasteiger partial charge in [-0.3, -0.25) is 4.79 Å². The molecule has 0 heterocycles. The average molecular weight is 410 g/mol. The van der Waals surface area contributed by atoms with E-state index in [9.17, 15) is 17.6 Å². The first-order valence-electron chi connectivity index (χ1n) is 8.40. The highest BCUT2D eigenvalue weighted by molar-refractivity contribution is 7.88. The Kier molecular flexibility index (Phi) is 7.36. The van der Waals surface area contributed by atoms with Crippen molar-refractivity contribution < 1.29 is 27.1 Å². The molecule has 0 unspecified atom stereocenters. The quantitative estimate of drug-likeness (QED) is 0.683. The molecule has 0 spiro atoms. The Bertz CT molecular complexity index is 934. The van der Waals surface area contributed by atoms with Crippen molar-refractivity contribution in [2.45, 2.75) is 13.1 Å². The first-order valence-corrected chi connectivity index (χ1v) is 10.3. The number of nitrogens with zero attached hydrogens (tertiary/aromatic N) is 1. The van der Waals surface area contributed by atoms with E-state index in [1.165, 1.54) is 32.4 Å². The van der Waals surface area contributed by atoms with Crippen LogP contribution >= 0.6 is 0 Å². The fourth-order valence-electron chi connectivity index (χ4n) is 2.51. The van der Waals surface area contributed by atoms with Crippen molar-refractivity contribution in [3.05, 3.63) is 59.4 Å². The summed E-state index contributed by atoms with van der Waals surface area (Å²) in [6, 6.07) is 11.0. The molecule has 0 bridgehead atoms. The fourth-order valence-corrected chi connectivity index (χ4v) is 3.24. The molecule has 0 aliphatic rings. The van der Waals surface area contributed by atoms with Gasteiger partial charge in [-0.1, -0.05) is 24.3 Å². The summed E-state index contributed by atoms with van der Waals surface area (Å²) in [7, 11) is -0.679. The Morgan fingerprint density at radius 3 is 2.39 bits per heavy atom. The van der Waals surface area contributed by atoms with Gasteiger partial charge in [0.1, 0.15) is 5.82 Å². The van der Waals surface area contributed by atoms with Crippen molar-refractivity contribution in [2.75, 3.05) is 27.0 Å². The Morgan fingerprint density at radius 2 is 1.79 bits per heavy atom. The number of nitrogens with one attached hydrogen (secondary N) is 1. The molecule has 2 aromatic rings. The van der Waals surface area contributed by atoms with E-state index >= 15 is 0 Å². The van der Waals surface area contributed by atoms with Crippen molar-refractivity contribution in [1.82, 2.24) is 9.62 Å². The van der Waals surface area contributed by atoms with Gasteiger partial charge in [-0.05, 0) is 23.8 Å². The fraction of sp³-hybridized carbons (Fsp3) is 0.316. The topological polar surface area (TPSA) is 84.9 Å². The van der Waals surface area contributed by atoms with Crippen LogP contribution in [0.4, 0.5) is 4.39 Å². The lowest BCUT2D eigenvalue weighted by Crippen LogP contribution is -2.39. The van der Waals surface area contributed by atoms with Crippen LogP contribution in [0.15, 0.2) is 42.5 Å². The van der Waals surface area contributed by atoms with Gasteiger partial charge < -0.3 is 14.8 Å². The number of sulfonamides is 1. The third-order valence-corrected chi connectivity index (χ3v) is 5.23. The zero-order chi connectivity index (χ0) is 20.7. The molecule has 0 fully saturated rings. The summed E-state index contributed by atoms with van der Waals surface area (Å²) in [5.41, 5.74) is 0.951. The Morgan fingerprint density at radius 1 is 1.11 bits per heavy atom. The van der Waals surface area contributed by atoms with Gasteiger partial charge >= 0.3 is 0 Å². The summed E-state index contributed by atoms with van der Waals surface area (Å²) in [4.78, 5) is 12.3. The molecular formula is C19H23FN2O5S. The lowest BCUT2D eigenvalue weighted by Gasteiger charge is -2.20. The minimum Gasteiger partial charge on any atom is -0.493 e. The van der Waals surface area contributed by atoms with E-state index in [1.54, 1.807) is 24.3 Å². The van der Waals surface area contributed by atoms with Crippen LogP contribution in [0.3, 0.4) is 0 Å². The first kappa shape index (κ1) is 21.6. The number of carbonyl (C=O) groups excluding carboxylic acids is 1. The molecule has 2 aromatic carbocycles. The number of halogens is 1. The number of benzene rings is 2. The van der Waals surface area contributed by atoms with Crippen LogP contribution in [0.2, 0.25) is 0 Å². The largest absolute Gasteiger partial charge is 0.493 e. The molecule has 0 aliphatic carbocycles. The summed E-state index contributed by atoms with van der Waals surface area (Å²) in [5.74, 6) is 0.0516. The normalized spacial score (nSPS) is 11.3. The van der Waals surface area contributed by atoms with Crippen LogP contribution in [0.1, 0.15) is 11.1 Å². The molecule has 2 rings (SSSR count). The van der Waals surface area contributed by atoms with Crippen molar-refractivity contribution >= 4 is 15.9 Å².